The maximum atomic E-state index is 11.4. The van der Waals surface area contributed by atoms with E-state index in [1.165, 1.54) is 57.8 Å². The van der Waals surface area contributed by atoms with Crippen molar-refractivity contribution >= 4 is 5.97 Å². The Hall–Kier alpha value is -0.530. The van der Waals surface area contributed by atoms with Gasteiger partial charge in [0.2, 0.25) is 0 Å². The second-order valence-electron chi connectivity index (χ2n) is 6.69. The highest BCUT2D eigenvalue weighted by molar-refractivity contribution is 5.69. The first-order valence-corrected chi connectivity index (χ1v) is 9.32. The lowest BCUT2D eigenvalue weighted by Gasteiger charge is -2.05. The molecule has 0 N–H and O–H groups in total. The monoisotopic (exact) mass is 298 g/mol. The molecule has 0 aliphatic heterocycles. The van der Waals surface area contributed by atoms with Crippen molar-refractivity contribution in [3.63, 3.8) is 0 Å². The van der Waals surface area contributed by atoms with E-state index in [1.807, 2.05) is 0 Å². The summed E-state index contributed by atoms with van der Waals surface area (Å²) in [5.41, 5.74) is 0. The SMILES string of the molecule is CCCCOC(=O)CCCCCCCCCCCC(C)C. The predicted octanol–water partition coefficient (Wildman–Crippen LogP) is 6.28. The topological polar surface area (TPSA) is 26.3 Å². The standard InChI is InChI=1S/C19H38O2/c1-4-5-17-21-19(20)16-14-12-10-8-6-7-9-11-13-15-18(2)3/h18H,4-17H2,1-3H3. The van der Waals surface area contributed by atoms with Crippen molar-refractivity contribution in [2.45, 2.75) is 104 Å². The number of rotatable bonds is 15. The highest BCUT2D eigenvalue weighted by Crippen LogP contribution is 2.13. The Kier molecular flexibility index (Phi) is 15.5. The molecule has 0 amide bonds. The Bertz CT molecular complexity index is 224. The van der Waals surface area contributed by atoms with E-state index >= 15 is 0 Å². The van der Waals surface area contributed by atoms with E-state index < -0.39 is 0 Å². The van der Waals surface area contributed by atoms with Crippen molar-refractivity contribution < 1.29 is 9.53 Å². The van der Waals surface area contributed by atoms with Gasteiger partial charge in [0.1, 0.15) is 0 Å². The molecule has 21 heavy (non-hydrogen) atoms. The molecule has 0 radical (unpaired) electrons. The van der Waals surface area contributed by atoms with Crippen molar-refractivity contribution in [3.8, 4) is 0 Å². The van der Waals surface area contributed by atoms with Crippen LogP contribution in [0.5, 0.6) is 0 Å². The molecular formula is C19H38O2. The van der Waals surface area contributed by atoms with E-state index in [0.717, 1.165) is 25.2 Å². The first-order chi connectivity index (χ1) is 10.2. The number of carbonyl (C=O) groups excluding carboxylic acids is 1. The van der Waals surface area contributed by atoms with Gasteiger partial charge in [-0.25, -0.2) is 0 Å². The predicted molar refractivity (Wildman–Crippen MR) is 91.5 cm³/mol. The minimum atomic E-state index is -0.00592. The van der Waals surface area contributed by atoms with Crippen LogP contribution in [0.15, 0.2) is 0 Å². The van der Waals surface area contributed by atoms with E-state index in [2.05, 4.69) is 20.8 Å². The summed E-state index contributed by atoms with van der Waals surface area (Å²) in [5, 5.41) is 0. The van der Waals surface area contributed by atoms with Gasteiger partial charge in [0, 0.05) is 6.42 Å². The summed E-state index contributed by atoms with van der Waals surface area (Å²) in [6, 6.07) is 0. The van der Waals surface area contributed by atoms with Crippen LogP contribution in [-0.2, 0) is 9.53 Å². The van der Waals surface area contributed by atoms with Crippen molar-refractivity contribution in [2.24, 2.45) is 5.92 Å². The summed E-state index contributed by atoms with van der Waals surface area (Å²) >= 11 is 0. The Balaban J connectivity index is 3.10. The molecule has 0 saturated heterocycles. The van der Waals surface area contributed by atoms with Gasteiger partial charge in [0.25, 0.3) is 0 Å². The van der Waals surface area contributed by atoms with E-state index in [4.69, 9.17) is 4.74 Å². The maximum absolute atomic E-state index is 11.4. The molecule has 0 aromatic rings. The van der Waals surface area contributed by atoms with Gasteiger partial charge >= 0.3 is 5.97 Å². The minimum Gasteiger partial charge on any atom is -0.466 e. The van der Waals surface area contributed by atoms with E-state index in [1.54, 1.807) is 0 Å². The third-order valence-corrected chi connectivity index (χ3v) is 3.92. The van der Waals surface area contributed by atoms with E-state index in [9.17, 15) is 4.79 Å². The van der Waals surface area contributed by atoms with Crippen LogP contribution in [0.4, 0.5) is 0 Å². The fourth-order valence-corrected chi connectivity index (χ4v) is 2.46. The van der Waals surface area contributed by atoms with E-state index in [-0.39, 0.29) is 5.97 Å². The fourth-order valence-electron chi connectivity index (χ4n) is 2.46. The molecule has 0 spiro atoms. The van der Waals surface area contributed by atoms with Gasteiger partial charge in [-0.05, 0) is 18.8 Å². The molecule has 0 aromatic heterocycles. The molecule has 0 rings (SSSR count). The fraction of sp³-hybridized carbons (Fsp3) is 0.947. The van der Waals surface area contributed by atoms with Gasteiger partial charge < -0.3 is 4.74 Å². The lowest BCUT2D eigenvalue weighted by atomic mass is 10.0. The Morgan fingerprint density at radius 3 is 1.86 bits per heavy atom. The highest BCUT2D eigenvalue weighted by atomic mass is 16.5. The molecule has 126 valence electrons. The number of unbranched alkanes of at least 4 members (excludes halogenated alkanes) is 9. The van der Waals surface area contributed by atoms with Gasteiger partial charge in [-0.3, -0.25) is 4.79 Å². The zero-order chi connectivity index (χ0) is 15.8. The Morgan fingerprint density at radius 2 is 1.33 bits per heavy atom. The van der Waals surface area contributed by atoms with E-state index in [0.29, 0.717) is 13.0 Å². The van der Waals surface area contributed by atoms with Gasteiger partial charge in [0.15, 0.2) is 0 Å². The Morgan fingerprint density at radius 1 is 0.810 bits per heavy atom. The number of carbonyl (C=O) groups is 1. The third-order valence-electron chi connectivity index (χ3n) is 3.92. The molecular weight excluding hydrogens is 260 g/mol. The summed E-state index contributed by atoms with van der Waals surface area (Å²) in [6.07, 6.45) is 15.8. The summed E-state index contributed by atoms with van der Waals surface area (Å²) in [7, 11) is 0. The highest BCUT2D eigenvalue weighted by Gasteiger charge is 2.01. The molecule has 0 aliphatic carbocycles. The molecule has 0 atom stereocenters. The normalized spacial score (nSPS) is 11.0. The Labute approximate surface area is 133 Å². The average molecular weight is 299 g/mol. The van der Waals surface area contributed by atoms with Crippen LogP contribution in [0.1, 0.15) is 104 Å². The summed E-state index contributed by atoms with van der Waals surface area (Å²) < 4.78 is 5.14. The quantitative estimate of drug-likeness (QED) is 0.263. The number of hydrogen-bond acceptors (Lipinski definition) is 2. The number of hydrogen-bond donors (Lipinski definition) is 0. The minimum absolute atomic E-state index is 0.00592. The molecule has 0 bridgehead atoms. The van der Waals surface area contributed by atoms with Crippen LogP contribution in [0.25, 0.3) is 0 Å². The van der Waals surface area contributed by atoms with Gasteiger partial charge in [-0.15, -0.1) is 0 Å². The molecule has 0 heterocycles. The second-order valence-corrected chi connectivity index (χ2v) is 6.69. The second kappa shape index (κ2) is 15.9. The third kappa shape index (κ3) is 17.4. The van der Waals surface area contributed by atoms with Crippen LogP contribution >= 0.6 is 0 Å². The largest absolute Gasteiger partial charge is 0.466 e. The van der Waals surface area contributed by atoms with Crippen LogP contribution in [0.2, 0.25) is 0 Å². The first-order valence-electron chi connectivity index (χ1n) is 9.32. The van der Waals surface area contributed by atoms with Crippen molar-refractivity contribution in [3.05, 3.63) is 0 Å². The molecule has 0 aromatic carbocycles. The summed E-state index contributed by atoms with van der Waals surface area (Å²) in [5.74, 6) is 0.854. The molecule has 0 fully saturated rings. The lowest BCUT2D eigenvalue weighted by Crippen LogP contribution is -2.05. The molecule has 0 unspecified atom stereocenters. The zero-order valence-corrected chi connectivity index (χ0v) is 14.8. The first kappa shape index (κ1) is 20.5. The van der Waals surface area contributed by atoms with Gasteiger partial charge in [-0.2, -0.15) is 0 Å². The molecule has 2 nitrogen and oxygen atoms in total. The van der Waals surface area contributed by atoms with Crippen molar-refractivity contribution in [1.29, 1.82) is 0 Å². The average Bonchev–Trinajstić information content (AvgIpc) is 2.44. The van der Waals surface area contributed by atoms with Gasteiger partial charge in [0.05, 0.1) is 6.61 Å². The van der Waals surface area contributed by atoms with Crippen LogP contribution < -0.4 is 0 Å². The lowest BCUT2D eigenvalue weighted by molar-refractivity contribution is -0.143. The summed E-state index contributed by atoms with van der Waals surface area (Å²) in [6.45, 7) is 7.32. The number of ether oxygens (including phenoxy) is 1. The maximum Gasteiger partial charge on any atom is 0.305 e. The van der Waals surface area contributed by atoms with Crippen LogP contribution in [0.3, 0.4) is 0 Å². The molecule has 2 heteroatoms. The molecule has 0 saturated carbocycles. The van der Waals surface area contributed by atoms with Crippen molar-refractivity contribution in [1.82, 2.24) is 0 Å². The van der Waals surface area contributed by atoms with Crippen LogP contribution in [0, 0.1) is 5.92 Å². The van der Waals surface area contributed by atoms with Gasteiger partial charge in [-0.1, -0.05) is 85.0 Å². The number of esters is 1. The smallest absolute Gasteiger partial charge is 0.305 e. The molecule has 0 aliphatic rings. The zero-order valence-electron chi connectivity index (χ0n) is 14.8. The summed E-state index contributed by atoms with van der Waals surface area (Å²) in [4.78, 5) is 11.4. The van der Waals surface area contributed by atoms with Crippen LogP contribution in [-0.4, -0.2) is 12.6 Å². The van der Waals surface area contributed by atoms with Crippen molar-refractivity contribution in [2.75, 3.05) is 6.61 Å².